The highest BCUT2D eigenvalue weighted by molar-refractivity contribution is 7.92. The fraction of sp³-hybridized carbons (Fsp3) is 0.659. The lowest BCUT2D eigenvalue weighted by Crippen LogP contribution is -2.48. The summed E-state index contributed by atoms with van der Waals surface area (Å²) >= 11 is 0. The highest BCUT2D eigenvalue weighted by atomic mass is 32.2. The van der Waals surface area contributed by atoms with Crippen LogP contribution in [0.1, 0.15) is 208 Å². The summed E-state index contributed by atoms with van der Waals surface area (Å²) in [5.74, 6) is -8.13. The van der Waals surface area contributed by atoms with Gasteiger partial charge in [0.2, 0.25) is 67.2 Å². The van der Waals surface area contributed by atoms with E-state index in [4.69, 9.17) is 38.4 Å². The molecule has 14 atom stereocenters. The van der Waals surface area contributed by atoms with E-state index in [9.17, 15) is 71.9 Å². The molecule has 4 amide bonds. The Morgan fingerprint density at radius 3 is 1.27 bits per heavy atom. The lowest BCUT2D eigenvalue weighted by Gasteiger charge is -2.34. The van der Waals surface area contributed by atoms with Gasteiger partial charge in [0, 0.05) is 47.6 Å². The molecule has 4 aromatic rings. The van der Waals surface area contributed by atoms with Crippen LogP contribution in [0.2, 0.25) is 0 Å². The number of nitrogens with one attached hydrogen (secondary N) is 2. The average molecular weight is 1720 g/mol. The molecular weight excluding hydrogens is 1610 g/mol. The van der Waals surface area contributed by atoms with E-state index in [0.29, 0.717) is 76.3 Å². The van der Waals surface area contributed by atoms with Gasteiger partial charge in [-0.1, -0.05) is 101 Å². The summed E-state index contributed by atoms with van der Waals surface area (Å²) in [4.78, 5) is 127. The molecule has 2 saturated heterocycles. The molecule has 0 spiro atoms. The van der Waals surface area contributed by atoms with E-state index < -0.39 is 199 Å². The van der Waals surface area contributed by atoms with Gasteiger partial charge >= 0.3 is 11.9 Å². The fourth-order valence-corrected chi connectivity index (χ4v) is 21.6. The van der Waals surface area contributed by atoms with Crippen molar-refractivity contribution in [3.8, 4) is 23.5 Å². The number of Topliss-reactive ketones (excluding diaryl/α,β-unsaturated/α-hetero) is 2. The Kier molecular flexibility index (Phi) is 26.4. The molecule has 2 N–H and O–H groups in total. The molecule has 0 radical (unpaired) electrons. The van der Waals surface area contributed by atoms with Crippen LogP contribution < -0.4 is 28.4 Å². The van der Waals surface area contributed by atoms with E-state index in [1.54, 1.807) is 0 Å². The normalized spacial score (nSPS) is 29.9. The molecule has 656 valence electrons. The topological polar surface area (TPSA) is 317 Å². The molecule has 32 heteroatoms. The Balaban J connectivity index is 0.000000207. The van der Waals surface area contributed by atoms with E-state index in [1.807, 2.05) is 101 Å². The van der Waals surface area contributed by atoms with E-state index >= 15 is 9.59 Å². The number of pyridine rings is 2. The number of esters is 2. The lowest BCUT2D eigenvalue weighted by molar-refractivity contribution is -0.175. The van der Waals surface area contributed by atoms with Gasteiger partial charge in [-0.25, -0.2) is 43.2 Å². The zero-order valence-electron chi connectivity index (χ0n) is 69.4. The molecule has 6 aliphatic heterocycles. The molecule has 0 bridgehead atoms. The first-order chi connectivity index (χ1) is 56.9. The molecule has 120 heavy (non-hydrogen) atoms. The van der Waals surface area contributed by atoms with Gasteiger partial charge in [-0.3, -0.25) is 47.8 Å². The predicted molar refractivity (Wildman–Crippen MR) is 431 cm³/mol. The number of halogens is 6. The zero-order chi connectivity index (χ0) is 86.4. The van der Waals surface area contributed by atoms with Crippen LogP contribution in [0.3, 0.4) is 0 Å². The molecule has 0 unspecified atom stereocenters. The number of nitrogens with zero attached hydrogens (tertiary/aromatic N) is 4. The summed E-state index contributed by atoms with van der Waals surface area (Å²) in [5.41, 5.74) is -5.22. The molecule has 24 nitrogen and oxygen atoms in total. The first kappa shape index (κ1) is 89.3. The van der Waals surface area contributed by atoms with Crippen molar-refractivity contribution in [2.24, 2.45) is 58.2 Å². The maximum absolute atomic E-state index is 15.1. The molecule has 8 heterocycles. The highest BCUT2D eigenvalue weighted by Crippen LogP contribution is 2.60. The maximum Gasteiger partial charge on any atom is 0.307 e. The third-order valence-electron chi connectivity index (χ3n) is 26.9. The van der Waals surface area contributed by atoms with Crippen LogP contribution in [0.15, 0.2) is 72.8 Å². The standard InChI is InChI=1S/2C44H56F3N3O9S/c2*1-5-27-19-26(2)11-6-7-12-28-22-44(28,41(54)49-60(55,56)43(25-45)16-17-43)23-35(51)34-20-29(24-50(34)39(53)33(27)21-36(52)59-42(3,4)40(46)47)58-38-32-14-9-8-13-30(32)31-15-10-18-57-37(31)48-38/h2*7-9,12-14,26-29,33-34,40H,5-6,10-11,15-25H2,1-4H3,(H,49,54)/b2*12-7-/t26-,27+,28+,29+,33-,34-,44+;26-,27-,28-,29-,33+,34+,44-/m01/s1. The lowest BCUT2D eigenvalue weighted by atomic mass is 9.79. The van der Waals surface area contributed by atoms with Crippen molar-refractivity contribution in [2.75, 3.05) is 39.7 Å². The minimum absolute atomic E-state index is 0.0111. The summed E-state index contributed by atoms with van der Waals surface area (Å²) in [6, 6.07) is 12.9. The smallest absolute Gasteiger partial charge is 0.307 e. The summed E-state index contributed by atoms with van der Waals surface area (Å²) in [6.45, 7) is 10.7. The van der Waals surface area contributed by atoms with Crippen LogP contribution >= 0.6 is 0 Å². The Labute approximate surface area is 697 Å². The molecule has 2 aromatic heterocycles. The number of sulfonamides is 2. The van der Waals surface area contributed by atoms with Gasteiger partial charge in [0.15, 0.2) is 22.8 Å². The minimum Gasteiger partial charge on any atom is -0.477 e. The van der Waals surface area contributed by atoms with Crippen LogP contribution in [-0.2, 0) is 80.7 Å². The van der Waals surface area contributed by atoms with E-state index in [0.717, 1.165) is 86.1 Å². The van der Waals surface area contributed by atoms with Gasteiger partial charge in [0.1, 0.15) is 35.1 Å². The first-order valence-electron chi connectivity index (χ1n) is 42.6. The number of ketones is 2. The van der Waals surface area contributed by atoms with Crippen molar-refractivity contribution in [1.29, 1.82) is 0 Å². The summed E-state index contributed by atoms with van der Waals surface area (Å²) in [7, 11) is -8.79. The molecular formula is C88H112F6N6O18S2. The molecule has 2 aromatic carbocycles. The number of amides is 4. The highest BCUT2D eigenvalue weighted by Gasteiger charge is 2.66. The number of carbonyl (C=O) groups is 8. The SMILES string of the molecule is CC[C@@H]1C[C@@H](C)CC/C=C\[C@@H]2C[C@@]2(C(=O)NS(=O)(=O)C2(CF)CC2)CC(=O)[C@@H]2C[C@@H](Oc3nc4c(c5ccccc35)CCCO4)CN2C(=O)[C@H]1CC(=O)OC(C)(C)C(F)F.CC[C@@H]1C[C@H](C)CC/C=C\[C@@H]2C[C@@]2(C(=O)NS(=O)(=O)C2(CF)CC2)CC(=O)[C@@H]2C[C@@H](Oc3nc4c(c5ccccc35)CCCO4)CN2C(=O)[C@H]1CC(=O)OC(C)(C)C(F)F. The van der Waals surface area contributed by atoms with Crippen LogP contribution in [0.5, 0.6) is 23.5 Å². The molecule has 6 fully saturated rings. The van der Waals surface area contributed by atoms with E-state index in [1.165, 1.54) is 9.80 Å². The van der Waals surface area contributed by atoms with Crippen LogP contribution in [-0.4, -0.2) is 181 Å². The Hall–Kier alpha value is -8.42. The quantitative estimate of drug-likeness (QED) is 0.0419. The summed E-state index contributed by atoms with van der Waals surface area (Å²) in [6.07, 6.45) is 6.51. The third-order valence-corrected chi connectivity index (χ3v) is 31.2. The second-order valence-electron chi connectivity index (χ2n) is 36.5. The second-order valence-corrected chi connectivity index (χ2v) is 40.6. The molecule has 4 aliphatic carbocycles. The van der Waals surface area contributed by atoms with Gasteiger partial charge in [-0.05, 0) is 189 Å². The molecule has 14 rings (SSSR count). The third kappa shape index (κ3) is 18.6. The number of hydrogen-bond donors (Lipinski definition) is 2. The largest absolute Gasteiger partial charge is 0.477 e. The van der Waals surface area contributed by atoms with Crippen molar-refractivity contribution in [2.45, 2.75) is 267 Å². The molecule has 10 aliphatic rings. The summed E-state index contributed by atoms with van der Waals surface area (Å²) in [5, 5.41) is 3.24. The monoisotopic (exact) mass is 1720 g/mol. The van der Waals surface area contributed by atoms with Crippen LogP contribution in [0.4, 0.5) is 26.3 Å². The minimum atomic E-state index is -4.39. The van der Waals surface area contributed by atoms with Gasteiger partial charge in [0.25, 0.3) is 12.9 Å². The number of ether oxygens (including phenoxy) is 6. The number of aromatic nitrogens is 2. The maximum atomic E-state index is 15.1. The van der Waals surface area contributed by atoms with Crippen molar-refractivity contribution < 1.29 is 110 Å². The number of carbonyl (C=O) groups excluding carboxylic acids is 8. The van der Waals surface area contributed by atoms with Crippen molar-refractivity contribution in [3.63, 3.8) is 0 Å². The van der Waals surface area contributed by atoms with Crippen molar-refractivity contribution in [1.82, 2.24) is 29.2 Å². The number of fused-ring (bicyclic) bond motifs is 10. The number of allylic oxidation sites excluding steroid dienone is 4. The second kappa shape index (κ2) is 35.4. The van der Waals surface area contributed by atoms with E-state index in [2.05, 4.69) is 9.44 Å². The molecule has 4 saturated carbocycles. The van der Waals surface area contributed by atoms with Crippen LogP contribution in [0, 0.1) is 58.2 Å². The first-order valence-corrected chi connectivity index (χ1v) is 45.5. The van der Waals surface area contributed by atoms with Crippen LogP contribution in [0.25, 0.3) is 21.5 Å². The van der Waals surface area contributed by atoms with Gasteiger partial charge in [-0.15, -0.1) is 0 Å². The zero-order valence-corrected chi connectivity index (χ0v) is 71.1. The van der Waals surface area contributed by atoms with Crippen molar-refractivity contribution in [3.05, 3.63) is 84.0 Å². The number of aryl methyl sites for hydroxylation is 2. The van der Waals surface area contributed by atoms with Crippen molar-refractivity contribution >= 4 is 88.7 Å². The number of benzene rings is 2. The number of rotatable bonds is 22. The van der Waals surface area contributed by atoms with Gasteiger partial charge < -0.3 is 38.2 Å². The Morgan fingerprint density at radius 2 is 0.933 bits per heavy atom. The Morgan fingerprint density at radius 1 is 0.567 bits per heavy atom. The van der Waals surface area contributed by atoms with E-state index in [-0.39, 0.29) is 99.9 Å². The Bertz CT molecular complexity index is 4590. The number of alkyl halides is 6. The predicted octanol–water partition coefficient (Wildman–Crippen LogP) is 13.6. The summed E-state index contributed by atoms with van der Waals surface area (Å²) < 4.78 is 173. The fourth-order valence-electron chi connectivity index (χ4n) is 18.7. The number of hydrogen-bond acceptors (Lipinski definition) is 20. The van der Waals surface area contributed by atoms with Gasteiger partial charge in [-0.2, -0.15) is 9.97 Å². The van der Waals surface area contributed by atoms with Gasteiger partial charge in [0.05, 0.1) is 73.9 Å². The average Bonchev–Trinajstić information content (AvgIpc) is 1.55.